The van der Waals surface area contributed by atoms with Gasteiger partial charge in [0, 0.05) is 31.5 Å². The number of sulfonamides is 1. The van der Waals surface area contributed by atoms with Crippen molar-refractivity contribution in [3.8, 4) is 0 Å². The molecule has 0 spiro atoms. The zero-order chi connectivity index (χ0) is 13.4. The van der Waals surface area contributed by atoms with Crippen molar-refractivity contribution in [2.45, 2.75) is 31.2 Å². The Labute approximate surface area is 108 Å². The molecule has 1 unspecified atom stereocenters. The van der Waals surface area contributed by atoms with Gasteiger partial charge in [-0.3, -0.25) is 4.98 Å². The molecule has 0 bridgehead atoms. The smallest absolute Gasteiger partial charge is 0.244 e. The fourth-order valence-corrected chi connectivity index (χ4v) is 3.77. The highest BCUT2D eigenvalue weighted by Crippen LogP contribution is 2.30. The summed E-state index contributed by atoms with van der Waals surface area (Å²) >= 11 is 0. The van der Waals surface area contributed by atoms with Crippen molar-refractivity contribution in [3.63, 3.8) is 0 Å². The molecule has 2 heterocycles. The lowest BCUT2D eigenvalue weighted by atomic mass is 9.81. The number of piperidine rings is 1. The molecule has 1 aliphatic rings. The maximum atomic E-state index is 12.4. The molecule has 6 heteroatoms. The van der Waals surface area contributed by atoms with Gasteiger partial charge in [-0.15, -0.1) is 0 Å². The number of nitrogens with two attached hydrogens (primary N) is 1. The molecule has 0 saturated carbocycles. The summed E-state index contributed by atoms with van der Waals surface area (Å²) in [5, 5.41) is 0. The largest absolute Gasteiger partial charge is 0.327 e. The molecular formula is C12H19N3O2S. The number of nitrogens with zero attached hydrogens (tertiary/aromatic N) is 2. The first-order valence-electron chi connectivity index (χ1n) is 6.00. The van der Waals surface area contributed by atoms with Crippen molar-refractivity contribution in [1.29, 1.82) is 0 Å². The summed E-state index contributed by atoms with van der Waals surface area (Å²) in [7, 11) is -3.44. The molecule has 18 heavy (non-hydrogen) atoms. The Morgan fingerprint density at radius 3 is 2.78 bits per heavy atom. The van der Waals surface area contributed by atoms with E-state index < -0.39 is 10.0 Å². The average molecular weight is 269 g/mol. The van der Waals surface area contributed by atoms with E-state index in [0.717, 1.165) is 0 Å². The molecule has 1 saturated heterocycles. The zero-order valence-electron chi connectivity index (χ0n) is 10.7. The van der Waals surface area contributed by atoms with Crippen LogP contribution in [0.4, 0.5) is 0 Å². The molecule has 2 rings (SSSR count). The van der Waals surface area contributed by atoms with Crippen LogP contribution in [0, 0.1) is 5.41 Å². The van der Waals surface area contributed by atoms with Gasteiger partial charge in [-0.25, -0.2) is 8.42 Å². The molecule has 0 aromatic carbocycles. The Morgan fingerprint density at radius 1 is 1.50 bits per heavy atom. The Bertz CT molecular complexity index is 513. The number of hydrogen-bond acceptors (Lipinski definition) is 4. The summed E-state index contributed by atoms with van der Waals surface area (Å²) in [5.74, 6) is 0. The number of rotatable bonds is 2. The molecule has 1 aromatic heterocycles. The molecule has 0 radical (unpaired) electrons. The zero-order valence-corrected chi connectivity index (χ0v) is 11.5. The first-order valence-corrected chi connectivity index (χ1v) is 7.44. The summed E-state index contributed by atoms with van der Waals surface area (Å²) in [6, 6.07) is 3.25. The van der Waals surface area contributed by atoms with Crippen molar-refractivity contribution in [3.05, 3.63) is 24.5 Å². The molecule has 0 aliphatic carbocycles. The second-order valence-corrected chi connectivity index (χ2v) is 7.35. The summed E-state index contributed by atoms with van der Waals surface area (Å²) < 4.78 is 26.4. The predicted molar refractivity (Wildman–Crippen MR) is 69.4 cm³/mol. The van der Waals surface area contributed by atoms with E-state index in [1.54, 1.807) is 18.3 Å². The quantitative estimate of drug-likeness (QED) is 0.862. The van der Waals surface area contributed by atoms with E-state index in [1.165, 1.54) is 10.5 Å². The Morgan fingerprint density at radius 2 is 2.22 bits per heavy atom. The van der Waals surface area contributed by atoms with Crippen molar-refractivity contribution in [2.24, 2.45) is 11.1 Å². The molecule has 100 valence electrons. The summed E-state index contributed by atoms with van der Waals surface area (Å²) in [5.41, 5.74) is 5.82. The van der Waals surface area contributed by atoms with Gasteiger partial charge in [-0.1, -0.05) is 13.8 Å². The van der Waals surface area contributed by atoms with Crippen LogP contribution < -0.4 is 5.73 Å². The SMILES string of the molecule is CC1(C)CN(S(=O)(=O)c2cccnc2)CCC1N. The lowest BCUT2D eigenvalue weighted by molar-refractivity contribution is 0.155. The summed E-state index contributed by atoms with van der Waals surface area (Å²) in [6.07, 6.45) is 3.64. The van der Waals surface area contributed by atoms with Gasteiger partial charge in [0.25, 0.3) is 0 Å². The van der Waals surface area contributed by atoms with Crippen molar-refractivity contribution >= 4 is 10.0 Å². The lowest BCUT2D eigenvalue weighted by Crippen LogP contribution is -2.53. The highest BCUT2D eigenvalue weighted by molar-refractivity contribution is 7.89. The van der Waals surface area contributed by atoms with E-state index >= 15 is 0 Å². The molecule has 5 nitrogen and oxygen atoms in total. The first kappa shape index (κ1) is 13.5. The van der Waals surface area contributed by atoms with E-state index in [2.05, 4.69) is 4.98 Å². The molecule has 1 atom stereocenters. The minimum Gasteiger partial charge on any atom is -0.327 e. The van der Waals surface area contributed by atoms with Crippen LogP contribution in [-0.2, 0) is 10.0 Å². The van der Waals surface area contributed by atoms with Crippen molar-refractivity contribution in [1.82, 2.24) is 9.29 Å². The van der Waals surface area contributed by atoms with E-state index in [0.29, 0.717) is 19.5 Å². The van der Waals surface area contributed by atoms with E-state index in [1.807, 2.05) is 13.8 Å². The molecule has 1 aliphatic heterocycles. The fourth-order valence-electron chi connectivity index (χ4n) is 2.18. The maximum absolute atomic E-state index is 12.4. The van der Waals surface area contributed by atoms with Crippen LogP contribution in [0.2, 0.25) is 0 Å². The van der Waals surface area contributed by atoms with Crippen LogP contribution in [0.1, 0.15) is 20.3 Å². The average Bonchev–Trinajstić information content (AvgIpc) is 2.33. The van der Waals surface area contributed by atoms with Gasteiger partial charge in [-0.05, 0) is 24.0 Å². The normalized spacial score (nSPS) is 24.9. The Kier molecular flexibility index (Phi) is 3.44. The van der Waals surface area contributed by atoms with Gasteiger partial charge in [0.05, 0.1) is 0 Å². The third kappa shape index (κ3) is 2.41. The monoisotopic (exact) mass is 269 g/mol. The number of aromatic nitrogens is 1. The van der Waals surface area contributed by atoms with E-state index in [4.69, 9.17) is 5.73 Å². The van der Waals surface area contributed by atoms with Crippen LogP contribution in [0.3, 0.4) is 0 Å². The topological polar surface area (TPSA) is 76.3 Å². The van der Waals surface area contributed by atoms with Gasteiger partial charge >= 0.3 is 0 Å². The van der Waals surface area contributed by atoms with Crippen LogP contribution in [0.15, 0.2) is 29.4 Å². The number of hydrogen-bond donors (Lipinski definition) is 1. The first-order chi connectivity index (χ1) is 8.34. The fraction of sp³-hybridized carbons (Fsp3) is 0.583. The standard InChI is InChI=1S/C12H19N3O2S/c1-12(2)9-15(7-5-11(12)13)18(16,17)10-4-3-6-14-8-10/h3-4,6,8,11H,5,7,9,13H2,1-2H3. The second-order valence-electron chi connectivity index (χ2n) is 5.41. The van der Waals surface area contributed by atoms with Crippen molar-refractivity contribution in [2.75, 3.05) is 13.1 Å². The van der Waals surface area contributed by atoms with Crippen LogP contribution >= 0.6 is 0 Å². The van der Waals surface area contributed by atoms with Gasteiger partial charge in [-0.2, -0.15) is 4.31 Å². The lowest BCUT2D eigenvalue weighted by Gasteiger charge is -2.41. The second kappa shape index (κ2) is 4.60. The molecule has 1 aromatic rings. The third-order valence-corrected chi connectivity index (χ3v) is 5.38. The van der Waals surface area contributed by atoms with Gasteiger partial charge < -0.3 is 5.73 Å². The Hall–Kier alpha value is -0.980. The number of pyridine rings is 1. The minimum absolute atomic E-state index is 0.0397. The highest BCUT2D eigenvalue weighted by Gasteiger charge is 2.38. The van der Waals surface area contributed by atoms with E-state index in [-0.39, 0.29) is 16.4 Å². The summed E-state index contributed by atoms with van der Waals surface area (Å²) in [6.45, 7) is 4.93. The van der Waals surface area contributed by atoms with Gasteiger partial charge in [0.1, 0.15) is 4.90 Å². The maximum Gasteiger partial charge on any atom is 0.244 e. The molecular weight excluding hydrogens is 250 g/mol. The predicted octanol–water partition coefficient (Wildman–Crippen LogP) is 0.830. The summed E-state index contributed by atoms with van der Waals surface area (Å²) in [4.78, 5) is 4.11. The third-order valence-electron chi connectivity index (χ3n) is 3.55. The Balaban J connectivity index is 2.28. The van der Waals surface area contributed by atoms with E-state index in [9.17, 15) is 8.42 Å². The van der Waals surface area contributed by atoms with Crippen LogP contribution in [-0.4, -0.2) is 36.8 Å². The van der Waals surface area contributed by atoms with Crippen LogP contribution in [0.5, 0.6) is 0 Å². The van der Waals surface area contributed by atoms with Gasteiger partial charge in [0.15, 0.2) is 0 Å². The van der Waals surface area contributed by atoms with Gasteiger partial charge in [0.2, 0.25) is 10.0 Å². The molecule has 0 amide bonds. The molecule has 2 N–H and O–H groups in total. The van der Waals surface area contributed by atoms with Crippen LogP contribution in [0.25, 0.3) is 0 Å². The van der Waals surface area contributed by atoms with Crippen molar-refractivity contribution < 1.29 is 8.42 Å². The highest BCUT2D eigenvalue weighted by atomic mass is 32.2. The minimum atomic E-state index is -3.44. The molecule has 1 fully saturated rings.